The molecule has 0 atom stereocenters. The predicted octanol–water partition coefficient (Wildman–Crippen LogP) is 3.65. The van der Waals surface area contributed by atoms with E-state index in [1.807, 2.05) is 13.8 Å². The summed E-state index contributed by atoms with van der Waals surface area (Å²) < 4.78 is 81.1. The number of allylic oxidation sites excluding steroid dienone is 1. The fourth-order valence-corrected chi connectivity index (χ4v) is 3.94. The quantitative estimate of drug-likeness (QED) is 0.198. The van der Waals surface area contributed by atoms with Crippen LogP contribution in [0.5, 0.6) is 11.5 Å². The average molecular weight is 589 g/mol. The Morgan fingerprint density at radius 3 is 1.95 bits per heavy atom. The number of hydrogen-bond donors (Lipinski definition) is 2. The molecule has 10 nitrogen and oxygen atoms in total. The molecule has 0 radical (unpaired) electrons. The zero-order valence-corrected chi connectivity index (χ0v) is 23.8. The van der Waals surface area contributed by atoms with E-state index in [0.29, 0.717) is 58.2 Å². The first kappa shape index (κ1) is 35.1. The van der Waals surface area contributed by atoms with Gasteiger partial charge in [-0.05, 0) is 62.7 Å². The first-order valence-electron chi connectivity index (χ1n) is 12.5. The van der Waals surface area contributed by atoms with E-state index < -0.39 is 27.4 Å². The van der Waals surface area contributed by atoms with Gasteiger partial charge < -0.3 is 29.4 Å². The second-order valence-electron chi connectivity index (χ2n) is 8.18. The molecule has 0 aliphatic rings. The van der Waals surface area contributed by atoms with Crippen molar-refractivity contribution in [1.29, 1.82) is 0 Å². The second-order valence-corrected chi connectivity index (χ2v) is 9.95. The zero-order chi connectivity index (χ0) is 29.8. The van der Waals surface area contributed by atoms with Gasteiger partial charge in [-0.25, -0.2) is 21.9 Å². The summed E-state index contributed by atoms with van der Waals surface area (Å²) in [4.78, 5) is 9.16. The molecule has 0 saturated carbocycles. The van der Waals surface area contributed by atoms with Gasteiger partial charge in [0.15, 0.2) is 17.4 Å². The van der Waals surface area contributed by atoms with Crippen LogP contribution in [0.4, 0.5) is 8.78 Å². The van der Waals surface area contributed by atoms with Crippen LogP contribution in [0.2, 0.25) is 0 Å². The van der Waals surface area contributed by atoms with Gasteiger partial charge in [0.1, 0.15) is 5.75 Å². The molecule has 0 aromatic heterocycles. The molecule has 0 saturated heterocycles. The van der Waals surface area contributed by atoms with Crippen LogP contribution in [0.3, 0.4) is 0 Å². The molecule has 0 bridgehead atoms. The molecular formula is C27H38F2N2O8S. The van der Waals surface area contributed by atoms with Crippen LogP contribution in [0.15, 0.2) is 46.9 Å². The van der Waals surface area contributed by atoms with Gasteiger partial charge in [-0.1, -0.05) is 11.6 Å². The Morgan fingerprint density at radius 1 is 0.925 bits per heavy atom. The minimum atomic E-state index is -3.79. The lowest BCUT2D eigenvalue weighted by atomic mass is 10.1. The summed E-state index contributed by atoms with van der Waals surface area (Å²) in [7, 11) is -3.79. The normalized spacial score (nSPS) is 10.8. The molecule has 3 N–H and O–H groups in total. The molecule has 0 spiro atoms. The fraction of sp³-hybridized carbons (Fsp3) is 0.444. The Balaban J connectivity index is 0.00000146. The highest BCUT2D eigenvalue weighted by molar-refractivity contribution is 7.89. The Kier molecular flexibility index (Phi) is 17.6. The third-order valence-corrected chi connectivity index (χ3v) is 6.09. The monoisotopic (exact) mass is 588 g/mol. The lowest BCUT2D eigenvalue weighted by molar-refractivity contribution is -0.128. The largest absolute Gasteiger partial charge is 0.468 e. The van der Waals surface area contributed by atoms with Crippen molar-refractivity contribution in [2.24, 2.45) is 5.73 Å². The first-order chi connectivity index (χ1) is 19.1. The maximum atomic E-state index is 14.3. The molecule has 2 aromatic carbocycles. The maximum Gasteiger partial charge on any atom is 0.293 e. The van der Waals surface area contributed by atoms with Crippen LogP contribution in [-0.4, -0.2) is 74.2 Å². The summed E-state index contributed by atoms with van der Waals surface area (Å²) in [6, 6.07) is 7.55. The molecule has 0 unspecified atom stereocenters. The summed E-state index contributed by atoms with van der Waals surface area (Å²) in [5.74, 6) is -2.19. The number of nitrogens with one attached hydrogen (secondary N) is 1. The van der Waals surface area contributed by atoms with Crippen molar-refractivity contribution < 1.29 is 45.7 Å². The third kappa shape index (κ3) is 14.4. The predicted molar refractivity (Wildman–Crippen MR) is 147 cm³/mol. The second kappa shape index (κ2) is 20.0. The van der Waals surface area contributed by atoms with Crippen molar-refractivity contribution in [2.75, 3.05) is 59.3 Å². The minimum Gasteiger partial charge on any atom is -0.468 e. The molecular weight excluding hydrogens is 550 g/mol. The van der Waals surface area contributed by atoms with E-state index in [4.69, 9.17) is 24.7 Å². The number of rotatable bonds is 18. The number of ether oxygens (including phenoxy) is 5. The SMILES string of the molecule is CC(C)=Cc1cc(F)c(Oc2ccc(S(=O)(=O)NCCOCCOCCOCCN)cc2)c(F)c1.CCOC=O. The van der Waals surface area contributed by atoms with Crippen LogP contribution < -0.4 is 15.2 Å². The van der Waals surface area contributed by atoms with Gasteiger partial charge in [0.2, 0.25) is 10.0 Å². The third-order valence-electron chi connectivity index (χ3n) is 4.61. The van der Waals surface area contributed by atoms with E-state index in [-0.39, 0.29) is 23.8 Å². The fourth-order valence-electron chi connectivity index (χ4n) is 2.92. The van der Waals surface area contributed by atoms with E-state index in [2.05, 4.69) is 9.46 Å². The van der Waals surface area contributed by atoms with Gasteiger partial charge in [-0.3, -0.25) is 4.79 Å². The topological polar surface area (TPSA) is 135 Å². The van der Waals surface area contributed by atoms with E-state index in [0.717, 1.165) is 5.57 Å². The van der Waals surface area contributed by atoms with E-state index in [1.54, 1.807) is 13.0 Å². The van der Waals surface area contributed by atoms with Crippen molar-refractivity contribution in [3.63, 3.8) is 0 Å². The van der Waals surface area contributed by atoms with Crippen molar-refractivity contribution in [3.8, 4) is 11.5 Å². The Labute approximate surface area is 234 Å². The summed E-state index contributed by atoms with van der Waals surface area (Å²) >= 11 is 0. The van der Waals surface area contributed by atoms with Crippen molar-refractivity contribution in [3.05, 3.63) is 59.2 Å². The van der Waals surface area contributed by atoms with Gasteiger partial charge in [-0.2, -0.15) is 0 Å². The smallest absolute Gasteiger partial charge is 0.293 e. The van der Waals surface area contributed by atoms with Crippen LogP contribution >= 0.6 is 0 Å². The van der Waals surface area contributed by atoms with Crippen LogP contribution in [0, 0.1) is 11.6 Å². The molecule has 0 aliphatic carbocycles. The highest BCUT2D eigenvalue weighted by Crippen LogP contribution is 2.30. The summed E-state index contributed by atoms with van der Waals surface area (Å²) in [6.07, 6.45) is 1.64. The van der Waals surface area contributed by atoms with E-state index in [1.165, 1.54) is 36.4 Å². The minimum absolute atomic E-state index is 0.0227. The summed E-state index contributed by atoms with van der Waals surface area (Å²) in [5.41, 5.74) is 6.57. The highest BCUT2D eigenvalue weighted by Gasteiger charge is 2.16. The Bertz CT molecular complexity index is 1120. The Hall–Kier alpha value is -2.94. The maximum absolute atomic E-state index is 14.3. The molecule has 2 rings (SSSR count). The van der Waals surface area contributed by atoms with Crippen LogP contribution in [0.1, 0.15) is 26.3 Å². The lowest BCUT2D eigenvalue weighted by Gasteiger charge is -2.11. The molecule has 0 amide bonds. The number of sulfonamides is 1. The molecule has 0 aliphatic heterocycles. The molecule has 40 heavy (non-hydrogen) atoms. The van der Waals surface area contributed by atoms with E-state index >= 15 is 0 Å². The summed E-state index contributed by atoms with van der Waals surface area (Å²) in [5, 5.41) is 0. The van der Waals surface area contributed by atoms with Crippen molar-refractivity contribution in [1.82, 2.24) is 4.72 Å². The molecule has 2 aromatic rings. The van der Waals surface area contributed by atoms with Gasteiger partial charge in [0, 0.05) is 13.1 Å². The number of hydrogen-bond acceptors (Lipinski definition) is 9. The Morgan fingerprint density at radius 2 is 1.48 bits per heavy atom. The van der Waals surface area contributed by atoms with Crippen molar-refractivity contribution in [2.45, 2.75) is 25.7 Å². The lowest BCUT2D eigenvalue weighted by Crippen LogP contribution is -2.27. The highest BCUT2D eigenvalue weighted by atomic mass is 32.2. The van der Waals surface area contributed by atoms with Gasteiger partial charge in [-0.15, -0.1) is 0 Å². The zero-order valence-electron chi connectivity index (χ0n) is 23.0. The number of benzene rings is 2. The van der Waals surface area contributed by atoms with Gasteiger partial charge in [0.25, 0.3) is 6.47 Å². The molecule has 0 heterocycles. The van der Waals surface area contributed by atoms with Gasteiger partial charge >= 0.3 is 0 Å². The molecule has 224 valence electrons. The summed E-state index contributed by atoms with van der Waals surface area (Å²) in [6.45, 7) is 9.02. The molecule has 0 fully saturated rings. The van der Waals surface area contributed by atoms with Crippen LogP contribution in [-0.2, 0) is 33.8 Å². The number of halogens is 2. The van der Waals surface area contributed by atoms with Crippen LogP contribution in [0.25, 0.3) is 6.08 Å². The number of nitrogens with two attached hydrogens (primary N) is 1. The number of carbonyl (C=O) groups excluding carboxylic acids is 1. The molecule has 13 heteroatoms. The number of carbonyl (C=O) groups is 1. The van der Waals surface area contributed by atoms with E-state index in [9.17, 15) is 22.0 Å². The first-order valence-corrected chi connectivity index (χ1v) is 14.0. The van der Waals surface area contributed by atoms with Gasteiger partial charge in [0.05, 0.1) is 51.1 Å². The standard InChI is InChI=1S/C24H32F2N2O6S.C3H6O2/c1-18(2)15-19-16-22(25)24(23(26)17-19)34-20-3-5-21(6-4-20)35(29,30)28-8-10-32-12-14-33-13-11-31-9-7-27;1-2-5-3-4/h3-6,15-17,28H,7-14,27H2,1-2H3;3H,2H2,1H3. The van der Waals surface area contributed by atoms with Crippen molar-refractivity contribution >= 4 is 22.6 Å². The average Bonchev–Trinajstić information content (AvgIpc) is 2.90.